The van der Waals surface area contributed by atoms with E-state index in [0.717, 1.165) is 11.1 Å². The van der Waals surface area contributed by atoms with Crippen LogP contribution in [0, 0.1) is 6.92 Å². The van der Waals surface area contributed by atoms with Gasteiger partial charge < -0.3 is 23.7 Å². The number of amides is 2. The number of hydrogen-bond acceptors (Lipinski definition) is 6. The molecule has 208 valence electrons. The third-order valence-corrected chi connectivity index (χ3v) is 6.60. The Balaban J connectivity index is 1.55. The number of ether oxygens (including phenoxy) is 2. The Morgan fingerprint density at radius 3 is 2.40 bits per heavy atom. The number of rotatable bonds is 12. The summed E-state index contributed by atoms with van der Waals surface area (Å²) in [4.78, 5) is 43.0. The van der Waals surface area contributed by atoms with Crippen LogP contribution in [0.25, 0.3) is 11.0 Å². The first kappa shape index (κ1) is 28.9. The van der Waals surface area contributed by atoms with Gasteiger partial charge >= 0.3 is 0 Å². The standard InChI is InChI=1S/C31H31ClN2O6/c1-22-8-13-28-27(16-22)31(37)24(20-40-28)18-34(17-23-6-4-3-5-7-23)29(35)19-33(14-15-38-2)30(36)21-39-26-11-9-25(32)10-12-26/h3-13,16,20H,14-15,17-19,21H2,1-2H3. The quantitative estimate of drug-likeness (QED) is 0.245. The van der Waals surface area contributed by atoms with Gasteiger partial charge in [-0.15, -0.1) is 0 Å². The number of methoxy groups -OCH3 is 1. The van der Waals surface area contributed by atoms with E-state index in [-0.39, 0.29) is 56.6 Å². The molecule has 4 aromatic rings. The first-order chi connectivity index (χ1) is 19.3. The molecule has 1 aromatic heterocycles. The lowest BCUT2D eigenvalue weighted by Crippen LogP contribution is -2.45. The van der Waals surface area contributed by atoms with Gasteiger partial charge in [0.1, 0.15) is 11.3 Å². The van der Waals surface area contributed by atoms with Crippen LogP contribution in [0.4, 0.5) is 0 Å². The molecular formula is C31H31ClN2O6. The van der Waals surface area contributed by atoms with Crippen LogP contribution in [0.3, 0.4) is 0 Å². The number of benzene rings is 3. The summed E-state index contributed by atoms with van der Waals surface area (Å²) in [7, 11) is 1.52. The van der Waals surface area contributed by atoms with E-state index in [4.69, 9.17) is 25.5 Å². The highest BCUT2D eigenvalue weighted by Crippen LogP contribution is 2.17. The summed E-state index contributed by atoms with van der Waals surface area (Å²) in [5.74, 6) is -0.219. The minimum atomic E-state index is -0.374. The van der Waals surface area contributed by atoms with E-state index in [1.807, 2.05) is 43.3 Å². The maximum absolute atomic E-state index is 13.7. The van der Waals surface area contributed by atoms with Gasteiger partial charge in [0, 0.05) is 25.2 Å². The van der Waals surface area contributed by atoms with E-state index in [9.17, 15) is 14.4 Å². The Hall–Kier alpha value is -4.14. The molecule has 0 aliphatic carbocycles. The topological polar surface area (TPSA) is 89.3 Å². The van der Waals surface area contributed by atoms with Crippen molar-refractivity contribution in [1.82, 2.24) is 9.80 Å². The lowest BCUT2D eigenvalue weighted by molar-refractivity contribution is -0.142. The van der Waals surface area contributed by atoms with Gasteiger partial charge in [-0.3, -0.25) is 14.4 Å². The fourth-order valence-electron chi connectivity index (χ4n) is 4.16. The molecule has 3 aromatic carbocycles. The van der Waals surface area contributed by atoms with Crippen molar-refractivity contribution >= 4 is 34.4 Å². The molecule has 4 rings (SSSR count). The first-order valence-corrected chi connectivity index (χ1v) is 13.2. The molecule has 0 bridgehead atoms. The van der Waals surface area contributed by atoms with Crippen LogP contribution in [-0.2, 0) is 27.4 Å². The van der Waals surface area contributed by atoms with Gasteiger partial charge in [-0.1, -0.05) is 53.6 Å². The molecule has 0 atom stereocenters. The maximum Gasteiger partial charge on any atom is 0.261 e. The number of fused-ring (bicyclic) bond motifs is 1. The van der Waals surface area contributed by atoms with Gasteiger partial charge in [-0.2, -0.15) is 0 Å². The van der Waals surface area contributed by atoms with Gasteiger partial charge in [-0.25, -0.2) is 0 Å². The highest BCUT2D eigenvalue weighted by atomic mass is 35.5. The average Bonchev–Trinajstić information content (AvgIpc) is 2.96. The predicted molar refractivity (Wildman–Crippen MR) is 153 cm³/mol. The van der Waals surface area contributed by atoms with Gasteiger partial charge in [-0.05, 0) is 48.9 Å². The van der Waals surface area contributed by atoms with Crippen LogP contribution in [-0.4, -0.2) is 55.0 Å². The number of carbonyl (C=O) groups is 2. The molecule has 0 saturated carbocycles. The molecule has 0 spiro atoms. The molecule has 40 heavy (non-hydrogen) atoms. The van der Waals surface area contributed by atoms with Crippen LogP contribution in [0.2, 0.25) is 5.02 Å². The molecule has 8 nitrogen and oxygen atoms in total. The molecule has 0 aliphatic rings. The van der Waals surface area contributed by atoms with E-state index < -0.39 is 0 Å². The van der Waals surface area contributed by atoms with Crippen LogP contribution >= 0.6 is 11.6 Å². The summed E-state index contributed by atoms with van der Waals surface area (Å²) in [6, 6.07) is 21.5. The van der Waals surface area contributed by atoms with Gasteiger partial charge in [0.2, 0.25) is 5.91 Å². The van der Waals surface area contributed by atoms with Gasteiger partial charge in [0.05, 0.1) is 36.9 Å². The first-order valence-electron chi connectivity index (χ1n) is 12.8. The molecular weight excluding hydrogens is 532 g/mol. The molecule has 0 saturated heterocycles. The SMILES string of the molecule is COCCN(CC(=O)N(Cc1ccccc1)Cc1coc2ccc(C)cc2c1=O)C(=O)COc1ccc(Cl)cc1. The largest absolute Gasteiger partial charge is 0.484 e. The number of aryl methyl sites for hydroxylation is 1. The lowest BCUT2D eigenvalue weighted by Gasteiger charge is -2.27. The van der Waals surface area contributed by atoms with Crippen molar-refractivity contribution in [3.63, 3.8) is 0 Å². The summed E-state index contributed by atoms with van der Waals surface area (Å²) < 4.78 is 16.5. The fourth-order valence-corrected chi connectivity index (χ4v) is 4.29. The molecule has 2 amide bonds. The van der Waals surface area contributed by atoms with E-state index in [0.29, 0.717) is 27.3 Å². The molecule has 1 heterocycles. The third-order valence-electron chi connectivity index (χ3n) is 6.35. The second-order valence-corrected chi connectivity index (χ2v) is 9.81. The Morgan fingerprint density at radius 2 is 1.68 bits per heavy atom. The Morgan fingerprint density at radius 1 is 0.925 bits per heavy atom. The second-order valence-electron chi connectivity index (χ2n) is 9.38. The lowest BCUT2D eigenvalue weighted by atomic mass is 10.1. The minimum absolute atomic E-state index is 0.0214. The van der Waals surface area contributed by atoms with E-state index in [1.54, 1.807) is 41.3 Å². The number of hydrogen-bond donors (Lipinski definition) is 0. The normalized spacial score (nSPS) is 10.9. The monoisotopic (exact) mass is 562 g/mol. The predicted octanol–water partition coefficient (Wildman–Crippen LogP) is 4.84. The van der Waals surface area contributed by atoms with E-state index >= 15 is 0 Å². The van der Waals surface area contributed by atoms with Crippen LogP contribution in [0.5, 0.6) is 5.75 Å². The molecule has 0 aliphatic heterocycles. The van der Waals surface area contributed by atoms with Crippen LogP contribution in [0.15, 0.2) is 88.3 Å². The smallest absolute Gasteiger partial charge is 0.261 e. The molecule has 9 heteroatoms. The highest BCUT2D eigenvalue weighted by molar-refractivity contribution is 6.30. The maximum atomic E-state index is 13.7. The number of nitrogens with zero attached hydrogens (tertiary/aromatic N) is 2. The van der Waals surface area contributed by atoms with E-state index in [1.165, 1.54) is 18.3 Å². The summed E-state index contributed by atoms with van der Waals surface area (Å²) in [6.45, 7) is 2.14. The minimum Gasteiger partial charge on any atom is -0.484 e. The highest BCUT2D eigenvalue weighted by Gasteiger charge is 2.23. The zero-order valence-electron chi connectivity index (χ0n) is 22.5. The van der Waals surface area contributed by atoms with Crippen LogP contribution < -0.4 is 10.2 Å². The van der Waals surface area contributed by atoms with Crippen molar-refractivity contribution in [2.24, 2.45) is 0 Å². The molecule has 0 unspecified atom stereocenters. The summed E-state index contributed by atoms with van der Waals surface area (Å²) >= 11 is 5.92. The van der Waals surface area contributed by atoms with Gasteiger partial charge in [0.25, 0.3) is 5.91 Å². The van der Waals surface area contributed by atoms with Crippen molar-refractivity contribution < 1.29 is 23.5 Å². The van der Waals surface area contributed by atoms with Crippen molar-refractivity contribution in [1.29, 1.82) is 0 Å². The van der Waals surface area contributed by atoms with Gasteiger partial charge in [0.15, 0.2) is 12.0 Å². The number of carbonyl (C=O) groups excluding carboxylic acids is 2. The van der Waals surface area contributed by atoms with Crippen molar-refractivity contribution in [2.45, 2.75) is 20.0 Å². The zero-order chi connectivity index (χ0) is 28.5. The molecule has 0 radical (unpaired) electrons. The number of halogens is 1. The Bertz CT molecular complexity index is 1500. The summed E-state index contributed by atoms with van der Waals surface area (Å²) in [5, 5.41) is 1.01. The molecule has 0 fully saturated rings. The third kappa shape index (κ3) is 7.71. The zero-order valence-corrected chi connectivity index (χ0v) is 23.2. The second kappa shape index (κ2) is 13.8. The fraction of sp³-hybridized carbons (Fsp3) is 0.258. The molecule has 0 N–H and O–H groups in total. The van der Waals surface area contributed by atoms with Crippen molar-refractivity contribution in [2.75, 3.05) is 33.4 Å². The average molecular weight is 563 g/mol. The Kier molecular flexibility index (Phi) is 9.94. The van der Waals surface area contributed by atoms with Crippen LogP contribution in [0.1, 0.15) is 16.7 Å². The summed E-state index contributed by atoms with van der Waals surface area (Å²) in [6.07, 6.45) is 1.40. The Labute approximate surface area is 237 Å². The summed E-state index contributed by atoms with van der Waals surface area (Å²) in [5.41, 5.74) is 2.46. The van der Waals surface area contributed by atoms with Crippen molar-refractivity contribution in [3.8, 4) is 5.75 Å². The van der Waals surface area contributed by atoms with Crippen molar-refractivity contribution in [3.05, 3.63) is 111 Å². The van der Waals surface area contributed by atoms with E-state index in [2.05, 4.69) is 0 Å².